The van der Waals surface area contributed by atoms with E-state index in [4.69, 9.17) is 4.74 Å². The number of aromatic nitrogens is 6. The maximum atomic E-state index is 15.2. The van der Waals surface area contributed by atoms with Gasteiger partial charge in [-0.25, -0.2) is 37.6 Å². The molecule has 0 radical (unpaired) electrons. The fraction of sp³-hybridized carbons (Fsp3) is 0.393. The van der Waals surface area contributed by atoms with Crippen molar-refractivity contribution in [2.24, 2.45) is 7.05 Å². The van der Waals surface area contributed by atoms with Crippen molar-refractivity contribution in [1.82, 2.24) is 29.5 Å². The third kappa shape index (κ3) is 5.46. The molecule has 0 spiro atoms. The van der Waals surface area contributed by atoms with E-state index < -0.39 is 39.9 Å². The molecule has 3 aromatic heterocycles. The molecule has 1 aromatic carbocycles. The summed E-state index contributed by atoms with van der Waals surface area (Å²) in [5.41, 5.74) is -0.0305. The molecular weight excluding hydrogens is 609 g/mol. The van der Waals surface area contributed by atoms with Crippen molar-refractivity contribution in [2.45, 2.75) is 50.2 Å². The Kier molecular flexibility index (Phi) is 7.09. The number of rotatable bonds is 8. The number of anilines is 1. The Morgan fingerprint density at radius 3 is 2.39 bits per heavy atom. The molecule has 0 saturated heterocycles. The standard InChI is InChI=1S/C28H26F5N7O3S/c1-39-13-19(28(31,32)33)36-24(39)17-6-4-15(5-7-17)12-40(44(3,41)42)25-18-10-11-27(29,30)22(18)37-23(38-25)20-21(16-8-9-16)34-14-35-26(20)43-2/h4-7,13-14,16H,8-12H2,1-3H3. The van der Waals surface area contributed by atoms with E-state index in [9.17, 15) is 21.6 Å². The lowest BCUT2D eigenvalue weighted by Crippen LogP contribution is -2.31. The second-order valence-corrected chi connectivity index (χ2v) is 12.8. The molecule has 0 amide bonds. The molecule has 0 atom stereocenters. The summed E-state index contributed by atoms with van der Waals surface area (Å²) in [6.45, 7) is -0.292. The maximum Gasteiger partial charge on any atom is 0.434 e. The van der Waals surface area contributed by atoms with Crippen molar-refractivity contribution < 1.29 is 35.1 Å². The van der Waals surface area contributed by atoms with E-state index in [1.165, 1.54) is 49.3 Å². The first-order valence-corrected chi connectivity index (χ1v) is 15.4. The third-order valence-electron chi connectivity index (χ3n) is 7.59. The number of sulfonamides is 1. The number of ether oxygens (including phenoxy) is 1. The highest BCUT2D eigenvalue weighted by atomic mass is 32.2. The van der Waals surface area contributed by atoms with Crippen molar-refractivity contribution in [1.29, 1.82) is 0 Å². The highest BCUT2D eigenvalue weighted by Gasteiger charge is 2.45. The van der Waals surface area contributed by atoms with Crippen LogP contribution in [-0.2, 0) is 42.1 Å². The van der Waals surface area contributed by atoms with Crippen LogP contribution in [0.15, 0.2) is 36.8 Å². The number of aryl methyl sites for hydroxylation is 1. The molecule has 4 aromatic rings. The molecule has 3 heterocycles. The van der Waals surface area contributed by atoms with Crippen LogP contribution in [0.3, 0.4) is 0 Å². The SMILES string of the molecule is COc1ncnc(C2CC2)c1-c1nc(N(Cc2ccc(-c3nc(C(F)(F)F)cn3C)cc2)S(C)(=O)=O)c2c(n1)C(F)(F)CC2. The molecule has 2 aliphatic rings. The predicted octanol–water partition coefficient (Wildman–Crippen LogP) is 5.24. The van der Waals surface area contributed by atoms with E-state index in [2.05, 4.69) is 24.9 Å². The van der Waals surface area contributed by atoms with Crippen LogP contribution < -0.4 is 9.04 Å². The van der Waals surface area contributed by atoms with E-state index in [-0.39, 0.29) is 53.4 Å². The molecule has 1 saturated carbocycles. The zero-order chi connectivity index (χ0) is 31.6. The topological polar surface area (TPSA) is 116 Å². The zero-order valence-corrected chi connectivity index (χ0v) is 24.5. The Morgan fingerprint density at radius 2 is 1.80 bits per heavy atom. The average Bonchev–Trinajstić information content (AvgIpc) is 3.66. The molecule has 44 heavy (non-hydrogen) atoms. The monoisotopic (exact) mass is 635 g/mol. The summed E-state index contributed by atoms with van der Waals surface area (Å²) in [6, 6.07) is 6.09. The van der Waals surface area contributed by atoms with E-state index in [0.29, 0.717) is 16.8 Å². The highest BCUT2D eigenvalue weighted by molar-refractivity contribution is 7.92. The van der Waals surface area contributed by atoms with Gasteiger partial charge in [0.25, 0.3) is 5.92 Å². The van der Waals surface area contributed by atoms with Crippen molar-refractivity contribution in [2.75, 3.05) is 17.7 Å². The summed E-state index contributed by atoms with van der Waals surface area (Å²) in [6.07, 6.45) is -0.571. The first-order valence-electron chi connectivity index (χ1n) is 13.5. The summed E-state index contributed by atoms with van der Waals surface area (Å²) in [5, 5.41) is 0. The minimum atomic E-state index is -4.62. The molecule has 1 fully saturated rings. The van der Waals surface area contributed by atoms with Crippen LogP contribution in [0, 0.1) is 0 Å². The number of fused-ring (bicyclic) bond motifs is 1. The van der Waals surface area contributed by atoms with Crippen LogP contribution >= 0.6 is 0 Å². The number of halogens is 5. The van der Waals surface area contributed by atoms with Gasteiger partial charge in [0.2, 0.25) is 15.9 Å². The van der Waals surface area contributed by atoms with Crippen molar-refractivity contribution in [3.8, 4) is 28.7 Å². The van der Waals surface area contributed by atoms with Gasteiger partial charge in [0.15, 0.2) is 11.5 Å². The second-order valence-electron chi connectivity index (χ2n) is 10.8. The minimum absolute atomic E-state index is 0.0114. The number of alkyl halides is 5. The molecule has 2 aliphatic carbocycles. The largest absolute Gasteiger partial charge is 0.480 e. The molecule has 0 aliphatic heterocycles. The van der Waals surface area contributed by atoms with E-state index in [0.717, 1.165) is 29.6 Å². The van der Waals surface area contributed by atoms with Gasteiger partial charge in [-0.3, -0.25) is 0 Å². The van der Waals surface area contributed by atoms with Gasteiger partial charge < -0.3 is 9.30 Å². The van der Waals surface area contributed by atoms with Crippen molar-refractivity contribution >= 4 is 15.8 Å². The molecule has 16 heteroatoms. The van der Waals surface area contributed by atoms with Gasteiger partial charge in [0, 0.05) is 36.7 Å². The molecule has 232 valence electrons. The Balaban J connectivity index is 1.43. The number of imidazole rings is 1. The highest BCUT2D eigenvalue weighted by Crippen LogP contribution is 2.48. The van der Waals surface area contributed by atoms with Crippen LogP contribution in [-0.4, -0.2) is 51.3 Å². The van der Waals surface area contributed by atoms with Crippen LogP contribution in [0.1, 0.15) is 53.4 Å². The van der Waals surface area contributed by atoms with Crippen molar-refractivity contribution in [3.05, 3.63) is 65.0 Å². The lowest BCUT2D eigenvalue weighted by atomic mass is 10.1. The summed E-state index contributed by atoms with van der Waals surface area (Å²) in [5.74, 6) is -3.50. The minimum Gasteiger partial charge on any atom is -0.480 e. The lowest BCUT2D eigenvalue weighted by Gasteiger charge is -2.25. The maximum absolute atomic E-state index is 15.2. The molecule has 0 N–H and O–H groups in total. The fourth-order valence-corrected chi connectivity index (χ4v) is 6.13. The quantitative estimate of drug-likeness (QED) is 0.242. The smallest absolute Gasteiger partial charge is 0.434 e. The number of methoxy groups -OCH3 is 1. The molecule has 0 unspecified atom stereocenters. The molecule has 0 bridgehead atoms. The Labute approximate surface area is 249 Å². The predicted molar refractivity (Wildman–Crippen MR) is 148 cm³/mol. The molecular formula is C28H26F5N7O3S. The van der Waals surface area contributed by atoms with Gasteiger partial charge in [-0.15, -0.1) is 0 Å². The van der Waals surface area contributed by atoms with E-state index in [1.807, 2.05) is 0 Å². The van der Waals surface area contributed by atoms with Crippen LogP contribution in [0.25, 0.3) is 22.8 Å². The second kappa shape index (κ2) is 10.5. The normalized spacial score (nSPS) is 16.2. The van der Waals surface area contributed by atoms with Crippen LogP contribution in [0.5, 0.6) is 5.88 Å². The van der Waals surface area contributed by atoms with Gasteiger partial charge in [-0.2, -0.15) is 22.0 Å². The zero-order valence-electron chi connectivity index (χ0n) is 23.7. The first kappa shape index (κ1) is 29.8. The summed E-state index contributed by atoms with van der Waals surface area (Å²) < 4.78 is 104. The number of hydrogen-bond donors (Lipinski definition) is 0. The van der Waals surface area contributed by atoms with Crippen LogP contribution in [0.4, 0.5) is 27.8 Å². The molecule has 6 rings (SSSR count). The van der Waals surface area contributed by atoms with Gasteiger partial charge in [0.1, 0.15) is 29.2 Å². The van der Waals surface area contributed by atoms with Gasteiger partial charge >= 0.3 is 6.18 Å². The Hall–Kier alpha value is -4.21. The van der Waals surface area contributed by atoms with Crippen molar-refractivity contribution in [3.63, 3.8) is 0 Å². The summed E-state index contributed by atoms with van der Waals surface area (Å²) in [7, 11) is -1.29. The Morgan fingerprint density at radius 1 is 1.09 bits per heavy atom. The van der Waals surface area contributed by atoms with Gasteiger partial charge in [-0.05, 0) is 24.8 Å². The lowest BCUT2D eigenvalue weighted by molar-refractivity contribution is -0.140. The number of nitrogens with zero attached hydrogens (tertiary/aromatic N) is 7. The van der Waals surface area contributed by atoms with Gasteiger partial charge in [0.05, 0.1) is 25.6 Å². The third-order valence-corrected chi connectivity index (χ3v) is 8.69. The van der Waals surface area contributed by atoms with E-state index in [1.54, 1.807) is 0 Å². The Bertz CT molecular complexity index is 1860. The van der Waals surface area contributed by atoms with Gasteiger partial charge in [-0.1, -0.05) is 24.3 Å². The first-order chi connectivity index (χ1) is 20.7. The summed E-state index contributed by atoms with van der Waals surface area (Å²) >= 11 is 0. The average molecular weight is 636 g/mol. The van der Waals surface area contributed by atoms with Crippen LogP contribution in [0.2, 0.25) is 0 Å². The number of benzene rings is 1. The fourth-order valence-electron chi connectivity index (χ4n) is 5.28. The van der Waals surface area contributed by atoms with E-state index >= 15 is 8.78 Å². The number of hydrogen-bond acceptors (Lipinski definition) is 8. The molecule has 10 nitrogen and oxygen atoms in total. The summed E-state index contributed by atoms with van der Waals surface area (Å²) in [4.78, 5) is 20.9.